The van der Waals surface area contributed by atoms with Crippen molar-refractivity contribution >= 4 is 29.1 Å². The van der Waals surface area contributed by atoms with E-state index in [0.29, 0.717) is 33.1 Å². The lowest BCUT2D eigenvalue weighted by molar-refractivity contribution is -0.129. The summed E-state index contributed by atoms with van der Waals surface area (Å²) < 4.78 is 1.30. The Morgan fingerprint density at radius 1 is 1.28 bits per heavy atom. The molecule has 0 radical (unpaired) electrons. The summed E-state index contributed by atoms with van der Waals surface area (Å²) in [5.74, 6) is -0.955. The molecule has 160 valence electrons. The van der Waals surface area contributed by atoms with E-state index in [-0.39, 0.29) is 5.91 Å². The molecule has 0 saturated carbocycles. The average molecular weight is 448 g/mol. The minimum Gasteiger partial charge on any atom is -0.324 e. The van der Waals surface area contributed by atoms with Gasteiger partial charge in [-0.2, -0.15) is 10.4 Å². The van der Waals surface area contributed by atoms with E-state index in [1.807, 2.05) is 0 Å². The lowest BCUT2D eigenvalue weighted by atomic mass is 9.97. The number of nitrogens with one attached hydrogen (secondary N) is 1. The van der Waals surface area contributed by atoms with Gasteiger partial charge in [-0.3, -0.25) is 14.4 Å². The number of nitrogens with zero attached hydrogens (tertiary/aromatic N) is 4. The molecule has 1 aliphatic carbocycles. The first kappa shape index (κ1) is 21.3. The minimum atomic E-state index is -0.798. The zero-order valence-corrected chi connectivity index (χ0v) is 18.0. The van der Waals surface area contributed by atoms with Crippen molar-refractivity contribution in [2.45, 2.75) is 13.0 Å². The summed E-state index contributed by atoms with van der Waals surface area (Å²) in [5, 5.41) is 18.0. The topological polar surface area (TPSA) is 108 Å². The predicted octanol–water partition coefficient (Wildman–Crippen LogP) is 2.62. The van der Waals surface area contributed by atoms with Gasteiger partial charge in [0.15, 0.2) is 0 Å². The largest absolute Gasteiger partial charge is 0.324 e. The first-order chi connectivity index (χ1) is 15.3. The third-order valence-corrected chi connectivity index (χ3v) is 5.60. The number of carbonyl (C=O) groups excluding carboxylic acids is 2. The van der Waals surface area contributed by atoms with Crippen LogP contribution in [-0.2, 0) is 9.59 Å². The molecule has 1 aromatic carbocycles. The number of nitriles is 1. The number of halogens is 1. The van der Waals surface area contributed by atoms with Crippen LogP contribution < -0.4 is 10.9 Å². The Kier molecular flexibility index (Phi) is 5.51. The normalized spacial score (nSPS) is 17.9. The van der Waals surface area contributed by atoms with Gasteiger partial charge in [-0.05, 0) is 48.9 Å². The highest BCUT2D eigenvalue weighted by Gasteiger charge is 2.32. The Morgan fingerprint density at radius 2 is 2.06 bits per heavy atom. The number of aromatic nitrogens is 1. The summed E-state index contributed by atoms with van der Waals surface area (Å²) in [6, 6.07) is 9.15. The molecule has 2 aromatic rings. The molecule has 2 unspecified atom stereocenters. The van der Waals surface area contributed by atoms with Crippen LogP contribution in [0.1, 0.15) is 18.5 Å². The van der Waals surface area contributed by atoms with Crippen molar-refractivity contribution < 1.29 is 9.59 Å². The van der Waals surface area contributed by atoms with E-state index < -0.39 is 23.4 Å². The van der Waals surface area contributed by atoms with Gasteiger partial charge in [-0.25, -0.2) is 5.01 Å². The Balaban J connectivity index is 1.54. The number of benzene rings is 1. The third-order valence-electron chi connectivity index (χ3n) is 5.37. The molecule has 0 bridgehead atoms. The van der Waals surface area contributed by atoms with Crippen molar-refractivity contribution in [3.05, 3.63) is 81.4 Å². The van der Waals surface area contributed by atoms with Crippen LogP contribution in [0.15, 0.2) is 70.3 Å². The second-order valence-electron chi connectivity index (χ2n) is 7.45. The summed E-state index contributed by atoms with van der Waals surface area (Å²) in [4.78, 5) is 37.5. The van der Waals surface area contributed by atoms with Crippen LogP contribution >= 0.6 is 11.6 Å². The third kappa shape index (κ3) is 3.86. The maximum atomic E-state index is 12.8. The van der Waals surface area contributed by atoms with E-state index in [0.717, 1.165) is 0 Å². The van der Waals surface area contributed by atoms with Crippen molar-refractivity contribution in [2.75, 3.05) is 7.05 Å². The number of allylic oxidation sites excluding steroid dienone is 2. The molecule has 1 aliphatic heterocycles. The van der Waals surface area contributed by atoms with Crippen molar-refractivity contribution in [1.82, 2.24) is 14.9 Å². The first-order valence-electron chi connectivity index (χ1n) is 9.77. The molecule has 2 aliphatic rings. The van der Waals surface area contributed by atoms with Crippen LogP contribution in [0.25, 0.3) is 11.1 Å². The van der Waals surface area contributed by atoms with E-state index in [4.69, 9.17) is 11.6 Å². The van der Waals surface area contributed by atoms with Gasteiger partial charge in [0.1, 0.15) is 12.0 Å². The van der Waals surface area contributed by atoms with E-state index >= 15 is 0 Å². The van der Waals surface area contributed by atoms with Crippen LogP contribution in [-0.4, -0.2) is 34.1 Å². The second-order valence-corrected chi connectivity index (χ2v) is 7.89. The summed E-state index contributed by atoms with van der Waals surface area (Å²) in [6.07, 6.45) is 6.49. The highest BCUT2D eigenvalue weighted by Crippen LogP contribution is 2.26. The summed E-state index contributed by atoms with van der Waals surface area (Å²) in [5.41, 5.74) is 2.13. The number of rotatable bonds is 4. The van der Waals surface area contributed by atoms with Gasteiger partial charge < -0.3 is 9.88 Å². The van der Waals surface area contributed by atoms with E-state index in [1.165, 1.54) is 21.8 Å². The van der Waals surface area contributed by atoms with Crippen molar-refractivity contribution in [2.24, 2.45) is 11.0 Å². The Morgan fingerprint density at radius 3 is 2.78 bits per heavy atom. The van der Waals surface area contributed by atoms with Crippen molar-refractivity contribution in [1.29, 1.82) is 5.26 Å². The quantitative estimate of drug-likeness (QED) is 0.777. The summed E-state index contributed by atoms with van der Waals surface area (Å²) >= 11 is 6.04. The second kappa shape index (κ2) is 8.29. The standard InChI is InChI=1S/C23H18ClN5O3/c1-13(22(31)26-17-5-6-18-20(11-17)27-28(2)23(18)32)29-8-7-14(9-21(29)30)19-10-16(24)4-3-15(19)12-25/h3-11,13,18H,1-2H3,(H,26,31). The lowest BCUT2D eigenvalue weighted by Crippen LogP contribution is -2.35. The molecule has 1 N–H and O–H groups in total. The zero-order valence-electron chi connectivity index (χ0n) is 17.2. The molecule has 0 spiro atoms. The number of hydrogen-bond acceptors (Lipinski definition) is 5. The van der Waals surface area contributed by atoms with Gasteiger partial charge in [0, 0.05) is 35.6 Å². The number of carbonyl (C=O) groups is 2. The Bertz CT molecular complexity index is 1330. The van der Waals surface area contributed by atoms with Crippen LogP contribution in [0.4, 0.5) is 0 Å². The van der Waals surface area contributed by atoms with E-state index in [9.17, 15) is 19.6 Å². The molecule has 9 heteroatoms. The number of amides is 2. The maximum absolute atomic E-state index is 12.8. The molecule has 4 rings (SSSR count). The molecule has 2 atom stereocenters. The van der Waals surface area contributed by atoms with Crippen LogP contribution in [0.5, 0.6) is 0 Å². The molecular weight excluding hydrogens is 430 g/mol. The molecule has 2 amide bonds. The highest BCUT2D eigenvalue weighted by atomic mass is 35.5. The molecule has 8 nitrogen and oxygen atoms in total. The number of hydrogen-bond donors (Lipinski definition) is 1. The van der Waals surface area contributed by atoms with Crippen LogP contribution in [0.2, 0.25) is 5.02 Å². The fourth-order valence-electron chi connectivity index (χ4n) is 3.60. The fraction of sp³-hybridized carbons (Fsp3) is 0.174. The fourth-order valence-corrected chi connectivity index (χ4v) is 3.77. The summed E-state index contributed by atoms with van der Waals surface area (Å²) in [6.45, 7) is 1.61. The molecule has 0 fully saturated rings. The number of fused-ring (bicyclic) bond motifs is 1. The Labute approximate surface area is 188 Å². The minimum absolute atomic E-state index is 0.128. The van der Waals surface area contributed by atoms with Crippen LogP contribution in [0.3, 0.4) is 0 Å². The van der Waals surface area contributed by atoms with E-state index in [1.54, 1.807) is 56.5 Å². The molecular formula is C23H18ClN5O3. The lowest BCUT2D eigenvalue weighted by Gasteiger charge is -2.18. The number of hydrazone groups is 1. The highest BCUT2D eigenvalue weighted by molar-refractivity contribution is 6.31. The molecule has 1 aromatic heterocycles. The molecule has 0 saturated heterocycles. The number of pyridine rings is 1. The van der Waals surface area contributed by atoms with Crippen LogP contribution in [0, 0.1) is 17.2 Å². The van der Waals surface area contributed by atoms with Gasteiger partial charge in [0.2, 0.25) is 5.91 Å². The predicted molar refractivity (Wildman–Crippen MR) is 120 cm³/mol. The van der Waals surface area contributed by atoms with Gasteiger partial charge in [0.05, 0.1) is 17.3 Å². The summed E-state index contributed by atoms with van der Waals surface area (Å²) in [7, 11) is 1.58. The molecule has 2 heterocycles. The van der Waals surface area contributed by atoms with Gasteiger partial charge in [-0.15, -0.1) is 0 Å². The van der Waals surface area contributed by atoms with Gasteiger partial charge in [0.25, 0.3) is 11.5 Å². The zero-order chi connectivity index (χ0) is 23.0. The van der Waals surface area contributed by atoms with Gasteiger partial charge >= 0.3 is 0 Å². The maximum Gasteiger partial charge on any atom is 0.255 e. The molecule has 32 heavy (non-hydrogen) atoms. The average Bonchev–Trinajstić information content (AvgIpc) is 3.06. The Hall–Kier alpha value is -3.96. The van der Waals surface area contributed by atoms with Crippen molar-refractivity contribution in [3.63, 3.8) is 0 Å². The first-order valence-corrected chi connectivity index (χ1v) is 10.2. The smallest absolute Gasteiger partial charge is 0.255 e. The monoisotopic (exact) mass is 447 g/mol. The van der Waals surface area contributed by atoms with Crippen molar-refractivity contribution in [3.8, 4) is 17.2 Å². The SMILES string of the molecule is CC(C(=O)NC1=CC2=NN(C)C(=O)C2C=C1)n1ccc(-c2cc(Cl)ccc2C#N)cc1=O. The van der Waals surface area contributed by atoms with E-state index in [2.05, 4.69) is 16.5 Å². The van der Waals surface area contributed by atoms with Gasteiger partial charge in [-0.1, -0.05) is 17.7 Å².